The number of aromatic amines is 1. The smallest absolute Gasteiger partial charge is 0.251 e. The second-order valence-corrected chi connectivity index (χ2v) is 8.06. The summed E-state index contributed by atoms with van der Waals surface area (Å²) < 4.78 is 0.908. The number of carbonyl (C=O) groups is 2. The number of imidazole rings is 1. The van der Waals surface area contributed by atoms with Gasteiger partial charge in [0.25, 0.3) is 5.91 Å². The predicted molar refractivity (Wildman–Crippen MR) is 121 cm³/mol. The molecule has 2 amide bonds. The van der Waals surface area contributed by atoms with Crippen LogP contribution in [0.4, 0.5) is 0 Å². The number of carbonyl (C=O) groups excluding carboxylic acids is 2. The van der Waals surface area contributed by atoms with Gasteiger partial charge in [-0.1, -0.05) is 24.3 Å². The summed E-state index contributed by atoms with van der Waals surface area (Å²) in [5, 5.41) is 3.71. The summed E-state index contributed by atoms with van der Waals surface area (Å²) in [5.41, 5.74) is 9.82. The van der Waals surface area contributed by atoms with Gasteiger partial charge in [0.05, 0.1) is 27.8 Å². The minimum atomic E-state index is -0.464. The molecule has 0 aliphatic carbocycles. The summed E-state index contributed by atoms with van der Waals surface area (Å²) in [6.07, 6.45) is 0. The highest BCUT2D eigenvalue weighted by Gasteiger charge is 2.12. The molecule has 0 spiro atoms. The molecule has 0 unspecified atom stereocenters. The van der Waals surface area contributed by atoms with E-state index >= 15 is 0 Å². The molecule has 0 fully saturated rings. The molecule has 0 saturated heterocycles. The Morgan fingerprint density at radius 1 is 0.935 bits per heavy atom. The molecule has 31 heavy (non-hydrogen) atoms. The van der Waals surface area contributed by atoms with Gasteiger partial charge in [0.1, 0.15) is 10.8 Å². The third-order valence-electron chi connectivity index (χ3n) is 4.92. The Kier molecular flexibility index (Phi) is 4.68. The van der Waals surface area contributed by atoms with Crippen molar-refractivity contribution in [1.82, 2.24) is 20.3 Å². The molecule has 3 aromatic carbocycles. The highest BCUT2D eigenvalue weighted by molar-refractivity contribution is 7.21. The van der Waals surface area contributed by atoms with Gasteiger partial charge < -0.3 is 16.0 Å². The second-order valence-electron chi connectivity index (χ2n) is 7.03. The Morgan fingerprint density at radius 2 is 1.71 bits per heavy atom. The summed E-state index contributed by atoms with van der Waals surface area (Å²) in [4.78, 5) is 36.2. The van der Waals surface area contributed by atoms with Crippen molar-refractivity contribution in [3.8, 4) is 10.6 Å². The zero-order valence-electron chi connectivity index (χ0n) is 16.3. The van der Waals surface area contributed by atoms with E-state index in [1.807, 2.05) is 48.5 Å². The maximum absolute atomic E-state index is 12.6. The predicted octanol–water partition coefficient (Wildman–Crippen LogP) is 3.87. The lowest BCUT2D eigenvalue weighted by atomic mass is 10.1. The summed E-state index contributed by atoms with van der Waals surface area (Å²) in [6, 6.07) is 20.2. The van der Waals surface area contributed by atoms with E-state index < -0.39 is 5.91 Å². The number of thiazole rings is 1. The first-order chi connectivity index (χ1) is 15.1. The minimum absolute atomic E-state index is 0.178. The number of benzene rings is 3. The van der Waals surface area contributed by atoms with Crippen molar-refractivity contribution >= 4 is 44.4 Å². The number of hydrogen-bond acceptors (Lipinski definition) is 5. The zero-order chi connectivity index (χ0) is 21.4. The van der Waals surface area contributed by atoms with Crippen LogP contribution in [-0.2, 0) is 6.54 Å². The molecule has 0 bridgehead atoms. The molecule has 5 rings (SSSR count). The largest absolute Gasteiger partial charge is 0.366 e. The molecule has 8 heteroatoms. The van der Waals surface area contributed by atoms with Gasteiger partial charge in [-0.15, -0.1) is 11.3 Å². The lowest BCUT2D eigenvalue weighted by molar-refractivity contribution is 0.0949. The number of primary amides is 1. The van der Waals surface area contributed by atoms with Crippen molar-refractivity contribution in [3.63, 3.8) is 0 Å². The number of aromatic nitrogens is 3. The third kappa shape index (κ3) is 3.76. The van der Waals surface area contributed by atoms with E-state index in [9.17, 15) is 9.59 Å². The number of fused-ring (bicyclic) bond motifs is 2. The van der Waals surface area contributed by atoms with Crippen LogP contribution in [0.5, 0.6) is 0 Å². The van der Waals surface area contributed by atoms with E-state index in [1.165, 1.54) is 11.3 Å². The summed E-state index contributed by atoms with van der Waals surface area (Å²) >= 11 is 1.49. The fraction of sp³-hybridized carbons (Fsp3) is 0.0435. The molecule has 2 heterocycles. The average molecular weight is 427 g/mol. The summed E-state index contributed by atoms with van der Waals surface area (Å²) in [6.45, 7) is 0.311. The maximum Gasteiger partial charge on any atom is 0.251 e. The Balaban J connectivity index is 1.34. The topological polar surface area (TPSA) is 114 Å². The normalized spacial score (nSPS) is 11.1. The first-order valence-electron chi connectivity index (χ1n) is 9.59. The molecule has 0 atom stereocenters. The van der Waals surface area contributed by atoms with Crippen LogP contribution in [-0.4, -0.2) is 26.8 Å². The van der Waals surface area contributed by atoms with Crippen LogP contribution in [0.2, 0.25) is 0 Å². The summed E-state index contributed by atoms with van der Waals surface area (Å²) in [5.74, 6) is 0.0624. The molecule has 2 aromatic heterocycles. The minimum Gasteiger partial charge on any atom is -0.366 e. The van der Waals surface area contributed by atoms with Crippen molar-refractivity contribution in [2.24, 2.45) is 5.73 Å². The molecule has 7 nitrogen and oxygen atoms in total. The van der Waals surface area contributed by atoms with Gasteiger partial charge in [0.2, 0.25) is 5.91 Å². The molecule has 0 aliphatic heterocycles. The van der Waals surface area contributed by atoms with Gasteiger partial charge in [-0.05, 0) is 42.5 Å². The number of rotatable bonds is 5. The van der Waals surface area contributed by atoms with Crippen molar-refractivity contribution in [2.45, 2.75) is 6.54 Å². The van der Waals surface area contributed by atoms with Gasteiger partial charge in [-0.3, -0.25) is 9.59 Å². The number of nitrogens with two attached hydrogens (primary N) is 1. The van der Waals surface area contributed by atoms with E-state index in [0.717, 1.165) is 31.8 Å². The van der Waals surface area contributed by atoms with Crippen LogP contribution >= 0.6 is 11.3 Å². The lowest BCUT2D eigenvalue weighted by Crippen LogP contribution is -2.23. The quantitative estimate of drug-likeness (QED) is 0.395. The van der Waals surface area contributed by atoms with Crippen molar-refractivity contribution < 1.29 is 9.59 Å². The zero-order valence-corrected chi connectivity index (χ0v) is 17.1. The molecule has 0 saturated carbocycles. The Morgan fingerprint density at radius 3 is 2.48 bits per heavy atom. The molecular weight excluding hydrogens is 410 g/mol. The SMILES string of the molecule is NC(=O)c1ccc(-c2nc3ccc(C(=O)NCc4nc5ccccc5[nH]4)cc3s2)cc1. The molecule has 0 aliphatic rings. The Labute approximate surface area is 181 Å². The van der Waals surface area contributed by atoms with Crippen molar-refractivity contribution in [2.75, 3.05) is 0 Å². The third-order valence-corrected chi connectivity index (χ3v) is 5.99. The molecule has 152 valence electrons. The number of hydrogen-bond donors (Lipinski definition) is 3. The fourth-order valence-corrected chi connectivity index (χ4v) is 4.33. The highest BCUT2D eigenvalue weighted by atomic mass is 32.1. The number of para-hydroxylation sites is 2. The molecular formula is C23H17N5O2S. The van der Waals surface area contributed by atoms with Gasteiger partial charge in [0.15, 0.2) is 0 Å². The van der Waals surface area contributed by atoms with Crippen LogP contribution in [0, 0.1) is 0 Å². The molecule has 0 radical (unpaired) electrons. The second kappa shape index (κ2) is 7.66. The molecule has 5 aromatic rings. The van der Waals surface area contributed by atoms with Gasteiger partial charge in [0, 0.05) is 16.7 Å². The van der Waals surface area contributed by atoms with E-state index in [-0.39, 0.29) is 5.91 Å². The lowest BCUT2D eigenvalue weighted by Gasteiger charge is -2.03. The average Bonchev–Trinajstić information content (AvgIpc) is 3.40. The van der Waals surface area contributed by atoms with Crippen molar-refractivity contribution in [1.29, 1.82) is 0 Å². The number of nitrogens with zero attached hydrogens (tertiary/aromatic N) is 2. The first kappa shape index (κ1) is 19.0. The van der Waals surface area contributed by atoms with Crippen LogP contribution in [0.15, 0.2) is 66.7 Å². The van der Waals surface area contributed by atoms with Crippen LogP contribution < -0.4 is 11.1 Å². The highest BCUT2D eigenvalue weighted by Crippen LogP contribution is 2.31. The van der Waals surface area contributed by atoms with Gasteiger partial charge >= 0.3 is 0 Å². The number of nitrogens with one attached hydrogen (secondary N) is 2. The monoisotopic (exact) mass is 427 g/mol. The van der Waals surface area contributed by atoms with E-state index in [1.54, 1.807) is 18.2 Å². The van der Waals surface area contributed by atoms with Crippen LogP contribution in [0.1, 0.15) is 26.5 Å². The number of amides is 2. The summed E-state index contributed by atoms with van der Waals surface area (Å²) in [7, 11) is 0. The fourth-order valence-electron chi connectivity index (χ4n) is 3.32. The van der Waals surface area contributed by atoms with Gasteiger partial charge in [-0.2, -0.15) is 0 Å². The van der Waals surface area contributed by atoms with Crippen LogP contribution in [0.25, 0.3) is 31.8 Å². The molecule has 4 N–H and O–H groups in total. The Hall–Kier alpha value is -4.04. The van der Waals surface area contributed by atoms with E-state index in [0.29, 0.717) is 23.5 Å². The Bertz CT molecular complexity index is 1400. The number of H-pyrrole nitrogens is 1. The van der Waals surface area contributed by atoms with E-state index in [4.69, 9.17) is 5.73 Å². The van der Waals surface area contributed by atoms with E-state index in [2.05, 4.69) is 20.3 Å². The maximum atomic E-state index is 12.6. The van der Waals surface area contributed by atoms with Crippen LogP contribution in [0.3, 0.4) is 0 Å². The van der Waals surface area contributed by atoms with Crippen molar-refractivity contribution in [3.05, 3.63) is 83.7 Å². The van der Waals surface area contributed by atoms with Gasteiger partial charge in [-0.25, -0.2) is 9.97 Å². The first-order valence-corrected chi connectivity index (χ1v) is 10.4. The standard InChI is InChI=1S/C23H17N5O2S/c24-21(29)13-5-7-14(8-6-13)23-28-18-10-9-15(11-19(18)31-23)22(30)25-12-20-26-16-3-1-2-4-17(16)27-20/h1-11H,12H2,(H2,24,29)(H,25,30)(H,26,27).